The fourth-order valence-corrected chi connectivity index (χ4v) is 4.28. The fourth-order valence-electron chi connectivity index (χ4n) is 4.28. The fraction of sp³-hybridized carbons (Fsp3) is 0.192. The van der Waals surface area contributed by atoms with E-state index in [9.17, 15) is 14.7 Å². The first kappa shape index (κ1) is 21.3. The van der Waals surface area contributed by atoms with E-state index in [1.807, 2.05) is 45.0 Å². The number of aliphatic hydroxyl groups is 1. The number of anilines is 1. The molecule has 3 aromatic rings. The van der Waals surface area contributed by atoms with Crippen molar-refractivity contribution in [3.8, 4) is 5.75 Å². The highest BCUT2D eigenvalue weighted by Gasteiger charge is 2.48. The van der Waals surface area contributed by atoms with Crippen LogP contribution in [0.15, 0.2) is 66.4 Å². The van der Waals surface area contributed by atoms with E-state index < -0.39 is 17.7 Å². The molecule has 1 amide bonds. The number of carbonyl (C=O) groups is 2. The molecular formula is C26H24N2O4. The maximum atomic E-state index is 13.3. The van der Waals surface area contributed by atoms with E-state index in [0.29, 0.717) is 22.7 Å². The SMILES string of the molecule is COc1c(C)cc(C)cc1/C(O)=C1\C(=O)C(=O)N(c2ccccc2C)C1c1ccccn1. The highest BCUT2D eigenvalue weighted by atomic mass is 16.5. The lowest BCUT2D eigenvalue weighted by molar-refractivity contribution is -0.132. The smallest absolute Gasteiger partial charge is 0.300 e. The number of aliphatic hydroxyl groups excluding tert-OH is 1. The zero-order chi connectivity index (χ0) is 23.0. The van der Waals surface area contributed by atoms with Crippen LogP contribution < -0.4 is 9.64 Å². The number of rotatable bonds is 4. The first-order valence-electron chi connectivity index (χ1n) is 10.3. The number of hydrogen-bond acceptors (Lipinski definition) is 5. The number of pyridine rings is 1. The molecule has 2 heterocycles. The summed E-state index contributed by atoms with van der Waals surface area (Å²) in [5.74, 6) is -1.30. The van der Waals surface area contributed by atoms with Crippen LogP contribution in [0.1, 0.15) is 34.0 Å². The Bertz CT molecular complexity index is 1250. The van der Waals surface area contributed by atoms with E-state index in [4.69, 9.17) is 4.74 Å². The molecule has 1 unspecified atom stereocenters. The number of amides is 1. The van der Waals surface area contributed by atoms with Crippen LogP contribution in [0.5, 0.6) is 5.75 Å². The van der Waals surface area contributed by atoms with Crippen molar-refractivity contribution in [2.75, 3.05) is 12.0 Å². The average molecular weight is 428 g/mol. The summed E-state index contributed by atoms with van der Waals surface area (Å²) < 4.78 is 5.53. The van der Waals surface area contributed by atoms with Crippen molar-refractivity contribution < 1.29 is 19.4 Å². The number of hydrogen-bond donors (Lipinski definition) is 1. The first-order valence-corrected chi connectivity index (χ1v) is 10.3. The van der Waals surface area contributed by atoms with Gasteiger partial charge in [-0.25, -0.2) is 0 Å². The van der Waals surface area contributed by atoms with E-state index in [2.05, 4.69) is 4.98 Å². The van der Waals surface area contributed by atoms with Gasteiger partial charge in [-0.05, 0) is 61.7 Å². The van der Waals surface area contributed by atoms with Crippen molar-refractivity contribution in [1.82, 2.24) is 4.98 Å². The first-order chi connectivity index (χ1) is 15.3. The zero-order valence-electron chi connectivity index (χ0n) is 18.4. The Labute approximate surface area is 186 Å². The lowest BCUT2D eigenvalue weighted by Crippen LogP contribution is -2.30. The van der Waals surface area contributed by atoms with Crippen molar-refractivity contribution in [3.63, 3.8) is 0 Å². The summed E-state index contributed by atoms with van der Waals surface area (Å²) >= 11 is 0. The Morgan fingerprint density at radius 1 is 1.00 bits per heavy atom. The van der Waals surface area contributed by atoms with Crippen LogP contribution in [0.4, 0.5) is 5.69 Å². The predicted octanol–water partition coefficient (Wildman–Crippen LogP) is 4.64. The maximum Gasteiger partial charge on any atom is 0.300 e. The molecule has 162 valence electrons. The molecule has 6 heteroatoms. The minimum atomic E-state index is -0.872. The second kappa shape index (κ2) is 8.30. The molecule has 0 aliphatic carbocycles. The number of ether oxygens (including phenoxy) is 1. The summed E-state index contributed by atoms with van der Waals surface area (Å²) in [6.45, 7) is 5.63. The van der Waals surface area contributed by atoms with Crippen molar-refractivity contribution in [2.24, 2.45) is 0 Å². The van der Waals surface area contributed by atoms with Gasteiger partial charge in [-0.15, -0.1) is 0 Å². The topological polar surface area (TPSA) is 79.7 Å². The Morgan fingerprint density at radius 2 is 1.72 bits per heavy atom. The molecule has 1 N–H and O–H groups in total. The standard InChI is InChI=1S/C26H24N2O4/c1-15-13-17(3)25(32-4)18(14-15)23(29)21-22(19-10-7-8-12-27-19)28(26(31)24(21)30)20-11-6-5-9-16(20)2/h5-14,22,29H,1-4H3/b23-21+. The molecule has 1 aliphatic rings. The van der Waals surface area contributed by atoms with E-state index >= 15 is 0 Å². The van der Waals surface area contributed by atoms with Gasteiger partial charge in [-0.2, -0.15) is 0 Å². The number of ketones is 1. The van der Waals surface area contributed by atoms with Gasteiger partial charge in [0.05, 0.1) is 23.9 Å². The summed E-state index contributed by atoms with van der Waals surface area (Å²) in [6.07, 6.45) is 1.60. The molecule has 0 bridgehead atoms. The molecule has 1 atom stereocenters. The normalized spacial score (nSPS) is 17.6. The van der Waals surface area contributed by atoms with Crippen molar-refractivity contribution in [3.05, 3.63) is 94.3 Å². The van der Waals surface area contributed by atoms with Gasteiger partial charge in [-0.3, -0.25) is 19.5 Å². The molecular weight excluding hydrogens is 404 g/mol. The van der Waals surface area contributed by atoms with Gasteiger partial charge in [0, 0.05) is 11.9 Å². The average Bonchev–Trinajstić information content (AvgIpc) is 3.04. The van der Waals surface area contributed by atoms with E-state index in [-0.39, 0.29) is 11.3 Å². The van der Waals surface area contributed by atoms with Gasteiger partial charge >= 0.3 is 0 Å². The number of nitrogens with zero attached hydrogens (tertiary/aromatic N) is 2. The second-order valence-electron chi connectivity index (χ2n) is 7.87. The third kappa shape index (κ3) is 3.43. The highest BCUT2D eigenvalue weighted by Crippen LogP contribution is 2.43. The Balaban J connectivity index is 2.02. The number of para-hydroxylation sites is 1. The molecule has 1 aliphatic heterocycles. The summed E-state index contributed by atoms with van der Waals surface area (Å²) in [6, 6.07) is 15.4. The van der Waals surface area contributed by atoms with Crippen molar-refractivity contribution in [1.29, 1.82) is 0 Å². The molecule has 6 nitrogen and oxygen atoms in total. The van der Waals surface area contributed by atoms with E-state index in [1.54, 1.807) is 36.5 Å². The van der Waals surface area contributed by atoms with Crippen LogP contribution >= 0.6 is 0 Å². The van der Waals surface area contributed by atoms with Crippen molar-refractivity contribution >= 4 is 23.1 Å². The summed E-state index contributed by atoms with van der Waals surface area (Å²) in [5, 5.41) is 11.4. The largest absolute Gasteiger partial charge is 0.507 e. The Hall–Kier alpha value is -3.93. The maximum absolute atomic E-state index is 13.3. The van der Waals surface area contributed by atoms with Crippen LogP contribution in [0, 0.1) is 20.8 Å². The summed E-state index contributed by atoms with van der Waals surface area (Å²) in [4.78, 5) is 32.4. The van der Waals surface area contributed by atoms with Crippen LogP contribution in [0.25, 0.3) is 5.76 Å². The van der Waals surface area contributed by atoms with Gasteiger partial charge in [0.2, 0.25) is 0 Å². The Kier molecular flexibility index (Phi) is 5.53. The molecule has 0 radical (unpaired) electrons. The molecule has 0 saturated carbocycles. The third-order valence-corrected chi connectivity index (χ3v) is 5.67. The lowest BCUT2D eigenvalue weighted by atomic mass is 9.95. The predicted molar refractivity (Wildman–Crippen MR) is 123 cm³/mol. The van der Waals surface area contributed by atoms with E-state index in [1.165, 1.54) is 12.0 Å². The van der Waals surface area contributed by atoms with Crippen LogP contribution in [-0.2, 0) is 9.59 Å². The van der Waals surface area contributed by atoms with Gasteiger partial charge in [0.15, 0.2) is 0 Å². The van der Waals surface area contributed by atoms with Crippen LogP contribution in [-0.4, -0.2) is 28.9 Å². The lowest BCUT2D eigenvalue weighted by Gasteiger charge is -2.26. The number of aromatic nitrogens is 1. The quantitative estimate of drug-likeness (QED) is 0.372. The number of carbonyl (C=O) groups excluding carboxylic acids is 2. The number of methoxy groups -OCH3 is 1. The molecule has 0 spiro atoms. The van der Waals surface area contributed by atoms with Crippen LogP contribution in [0.3, 0.4) is 0 Å². The summed E-state index contributed by atoms with van der Waals surface area (Å²) in [7, 11) is 1.51. The van der Waals surface area contributed by atoms with E-state index in [0.717, 1.165) is 16.7 Å². The van der Waals surface area contributed by atoms with Crippen molar-refractivity contribution in [2.45, 2.75) is 26.8 Å². The van der Waals surface area contributed by atoms with Gasteiger partial charge in [-0.1, -0.05) is 30.3 Å². The summed E-state index contributed by atoms with van der Waals surface area (Å²) in [5.41, 5.74) is 3.98. The second-order valence-corrected chi connectivity index (χ2v) is 7.87. The van der Waals surface area contributed by atoms with Gasteiger partial charge in [0.1, 0.15) is 17.6 Å². The molecule has 4 rings (SSSR count). The minimum absolute atomic E-state index is 0.0137. The monoisotopic (exact) mass is 428 g/mol. The minimum Gasteiger partial charge on any atom is -0.507 e. The van der Waals surface area contributed by atoms with Crippen LogP contribution in [0.2, 0.25) is 0 Å². The molecule has 1 aromatic heterocycles. The number of benzene rings is 2. The molecule has 32 heavy (non-hydrogen) atoms. The number of Topliss-reactive ketones (excluding diaryl/α,β-unsaturated/α-hetero) is 1. The van der Waals surface area contributed by atoms with Gasteiger partial charge in [0.25, 0.3) is 11.7 Å². The zero-order valence-corrected chi connectivity index (χ0v) is 18.4. The molecule has 1 saturated heterocycles. The molecule has 1 fully saturated rings. The highest BCUT2D eigenvalue weighted by molar-refractivity contribution is 6.51. The van der Waals surface area contributed by atoms with Gasteiger partial charge < -0.3 is 9.84 Å². The third-order valence-electron chi connectivity index (χ3n) is 5.67. The molecule has 2 aromatic carbocycles. The Morgan fingerprint density at radius 3 is 2.38 bits per heavy atom. The number of aryl methyl sites for hydroxylation is 3.